The highest BCUT2D eigenvalue weighted by atomic mass is 16.3. The van der Waals surface area contributed by atoms with Crippen LogP contribution in [0.3, 0.4) is 0 Å². The van der Waals surface area contributed by atoms with Gasteiger partial charge < -0.3 is 5.11 Å². The van der Waals surface area contributed by atoms with E-state index in [1.54, 1.807) is 0 Å². The molecule has 1 saturated carbocycles. The Morgan fingerprint density at radius 2 is 2.30 bits per heavy atom. The maximum absolute atomic E-state index is 8.79. The predicted octanol–water partition coefficient (Wildman–Crippen LogP) is 1.31. The Hall–Kier alpha value is -0.550. The van der Waals surface area contributed by atoms with Crippen LogP contribution in [-0.4, -0.2) is 11.7 Å². The Balaban J connectivity index is 2.33. The molecule has 0 spiro atoms. The molecule has 1 fully saturated rings. The average Bonchev–Trinajstić information content (AvgIpc) is 2.05. The summed E-state index contributed by atoms with van der Waals surface area (Å²) in [6, 6.07) is 2.26. The molecule has 0 heterocycles. The molecule has 0 aromatic rings. The summed E-state index contributed by atoms with van der Waals surface area (Å²) in [4.78, 5) is 0. The van der Waals surface area contributed by atoms with Crippen molar-refractivity contribution in [2.24, 2.45) is 11.8 Å². The topological polar surface area (TPSA) is 44.0 Å². The van der Waals surface area contributed by atoms with Crippen LogP contribution in [0.15, 0.2) is 0 Å². The van der Waals surface area contributed by atoms with Gasteiger partial charge in [0.25, 0.3) is 0 Å². The van der Waals surface area contributed by atoms with Gasteiger partial charge in [-0.1, -0.05) is 6.42 Å². The highest BCUT2D eigenvalue weighted by molar-refractivity contribution is 4.87. The number of nitrogens with zero attached hydrogens (tertiary/aromatic N) is 1. The van der Waals surface area contributed by atoms with Crippen LogP contribution in [0, 0.1) is 23.2 Å². The van der Waals surface area contributed by atoms with Crippen molar-refractivity contribution in [3.63, 3.8) is 0 Å². The summed E-state index contributed by atoms with van der Waals surface area (Å²) >= 11 is 0. The zero-order valence-corrected chi connectivity index (χ0v) is 6.08. The lowest BCUT2D eigenvalue weighted by molar-refractivity contribution is 0.175. The van der Waals surface area contributed by atoms with E-state index in [2.05, 4.69) is 6.07 Å². The largest absolute Gasteiger partial charge is 0.396 e. The lowest BCUT2D eigenvalue weighted by Crippen LogP contribution is -2.16. The molecule has 2 unspecified atom stereocenters. The van der Waals surface area contributed by atoms with E-state index in [1.165, 1.54) is 0 Å². The molecule has 0 bridgehead atoms. The molecule has 1 N–H and O–H groups in total. The third-order valence-electron chi connectivity index (χ3n) is 2.22. The zero-order chi connectivity index (χ0) is 7.40. The fraction of sp³-hybridized carbons (Fsp3) is 0.875. The summed E-state index contributed by atoms with van der Waals surface area (Å²) < 4.78 is 0. The normalized spacial score (nSPS) is 33.2. The number of aliphatic hydroxyl groups excluding tert-OH is 1. The van der Waals surface area contributed by atoms with E-state index >= 15 is 0 Å². The lowest BCUT2D eigenvalue weighted by atomic mass is 9.83. The highest BCUT2D eigenvalue weighted by Crippen LogP contribution is 2.27. The predicted molar refractivity (Wildman–Crippen MR) is 38.1 cm³/mol. The molecule has 2 heteroatoms. The second-order valence-corrected chi connectivity index (χ2v) is 3.04. The molecule has 1 aliphatic rings. The molecule has 0 amide bonds. The Morgan fingerprint density at radius 1 is 1.50 bits per heavy atom. The highest BCUT2D eigenvalue weighted by Gasteiger charge is 2.20. The minimum atomic E-state index is 0.214. The molecular formula is C8H13NO. The fourth-order valence-electron chi connectivity index (χ4n) is 1.57. The summed E-state index contributed by atoms with van der Waals surface area (Å²) in [6.45, 7) is 0.262. The number of hydrogen-bond donors (Lipinski definition) is 1. The standard InChI is InChI=1S/C8H13NO/c9-5-7-2-1-3-8(4-7)6-10/h7-8,10H,1-4,6H2. The zero-order valence-electron chi connectivity index (χ0n) is 6.08. The number of aliphatic hydroxyl groups is 1. The van der Waals surface area contributed by atoms with Gasteiger partial charge in [-0.2, -0.15) is 5.26 Å². The molecule has 10 heavy (non-hydrogen) atoms. The van der Waals surface area contributed by atoms with Crippen LogP contribution in [0.2, 0.25) is 0 Å². The van der Waals surface area contributed by atoms with Gasteiger partial charge in [0.15, 0.2) is 0 Å². The van der Waals surface area contributed by atoms with Gasteiger partial charge in [-0.25, -0.2) is 0 Å². The van der Waals surface area contributed by atoms with Crippen LogP contribution in [-0.2, 0) is 0 Å². The van der Waals surface area contributed by atoms with E-state index in [1.807, 2.05) is 0 Å². The van der Waals surface area contributed by atoms with Crippen molar-refractivity contribution in [2.75, 3.05) is 6.61 Å². The summed E-state index contributed by atoms with van der Waals surface area (Å²) in [6.07, 6.45) is 4.16. The van der Waals surface area contributed by atoms with Crippen LogP contribution in [0.5, 0.6) is 0 Å². The average molecular weight is 139 g/mol. The Labute approximate surface area is 61.5 Å². The number of hydrogen-bond acceptors (Lipinski definition) is 2. The maximum Gasteiger partial charge on any atom is 0.0655 e. The lowest BCUT2D eigenvalue weighted by Gasteiger charge is -2.22. The van der Waals surface area contributed by atoms with Crippen molar-refractivity contribution < 1.29 is 5.11 Å². The summed E-state index contributed by atoms with van der Waals surface area (Å²) in [5.74, 6) is 0.615. The van der Waals surface area contributed by atoms with Gasteiger partial charge in [-0.15, -0.1) is 0 Å². The third kappa shape index (κ3) is 1.71. The molecule has 0 radical (unpaired) electrons. The van der Waals surface area contributed by atoms with E-state index in [4.69, 9.17) is 10.4 Å². The summed E-state index contributed by atoms with van der Waals surface area (Å²) in [5.41, 5.74) is 0. The van der Waals surface area contributed by atoms with Crippen molar-refractivity contribution in [1.29, 1.82) is 5.26 Å². The molecule has 1 rings (SSSR count). The Morgan fingerprint density at radius 3 is 2.90 bits per heavy atom. The van der Waals surface area contributed by atoms with Crippen LogP contribution in [0.1, 0.15) is 25.7 Å². The second kappa shape index (κ2) is 3.58. The first kappa shape index (κ1) is 7.56. The van der Waals surface area contributed by atoms with Gasteiger partial charge in [0.1, 0.15) is 0 Å². The van der Waals surface area contributed by atoms with Crippen LogP contribution < -0.4 is 0 Å². The first-order valence-corrected chi connectivity index (χ1v) is 3.87. The third-order valence-corrected chi connectivity index (χ3v) is 2.22. The van der Waals surface area contributed by atoms with Gasteiger partial charge in [0.05, 0.1) is 6.07 Å². The molecule has 0 aliphatic heterocycles. The van der Waals surface area contributed by atoms with E-state index in [0.717, 1.165) is 25.7 Å². The molecular weight excluding hydrogens is 126 g/mol. The van der Waals surface area contributed by atoms with Crippen molar-refractivity contribution >= 4 is 0 Å². The minimum absolute atomic E-state index is 0.214. The molecule has 0 aromatic heterocycles. The Kier molecular flexibility index (Phi) is 2.70. The van der Waals surface area contributed by atoms with E-state index in [0.29, 0.717) is 5.92 Å². The molecule has 56 valence electrons. The first-order chi connectivity index (χ1) is 4.86. The van der Waals surface area contributed by atoms with E-state index in [-0.39, 0.29) is 12.5 Å². The van der Waals surface area contributed by atoms with Gasteiger partial charge in [-0.3, -0.25) is 0 Å². The maximum atomic E-state index is 8.79. The Bertz CT molecular complexity index is 139. The van der Waals surface area contributed by atoms with Crippen molar-refractivity contribution in [2.45, 2.75) is 25.7 Å². The quantitative estimate of drug-likeness (QED) is 0.595. The van der Waals surface area contributed by atoms with Crippen LogP contribution in [0.25, 0.3) is 0 Å². The van der Waals surface area contributed by atoms with E-state index in [9.17, 15) is 0 Å². The van der Waals surface area contributed by atoms with Crippen molar-refractivity contribution in [3.05, 3.63) is 0 Å². The SMILES string of the molecule is N#CC1CCCC(CO)C1. The molecule has 0 saturated heterocycles. The van der Waals surface area contributed by atoms with Gasteiger partial charge >= 0.3 is 0 Å². The van der Waals surface area contributed by atoms with Gasteiger partial charge in [0.2, 0.25) is 0 Å². The van der Waals surface area contributed by atoms with Crippen LogP contribution >= 0.6 is 0 Å². The van der Waals surface area contributed by atoms with Crippen molar-refractivity contribution in [1.82, 2.24) is 0 Å². The molecule has 2 nitrogen and oxygen atoms in total. The minimum Gasteiger partial charge on any atom is -0.396 e. The molecule has 1 aliphatic carbocycles. The molecule has 2 atom stereocenters. The number of nitriles is 1. The smallest absolute Gasteiger partial charge is 0.0655 e. The van der Waals surface area contributed by atoms with Gasteiger partial charge in [-0.05, 0) is 25.2 Å². The fourth-order valence-corrected chi connectivity index (χ4v) is 1.57. The first-order valence-electron chi connectivity index (χ1n) is 3.87. The summed E-state index contributed by atoms with van der Waals surface area (Å²) in [5, 5.41) is 17.4. The molecule has 0 aromatic carbocycles. The second-order valence-electron chi connectivity index (χ2n) is 3.04. The van der Waals surface area contributed by atoms with Crippen molar-refractivity contribution in [3.8, 4) is 6.07 Å². The van der Waals surface area contributed by atoms with Crippen LogP contribution in [0.4, 0.5) is 0 Å². The van der Waals surface area contributed by atoms with Gasteiger partial charge in [0, 0.05) is 12.5 Å². The monoisotopic (exact) mass is 139 g/mol. The number of rotatable bonds is 1. The van der Waals surface area contributed by atoms with E-state index < -0.39 is 0 Å². The summed E-state index contributed by atoms with van der Waals surface area (Å²) in [7, 11) is 0.